The van der Waals surface area contributed by atoms with Gasteiger partial charge in [-0.15, -0.1) is 0 Å². The van der Waals surface area contributed by atoms with Crippen molar-refractivity contribution in [2.45, 2.75) is 25.4 Å². The Labute approximate surface area is 98.1 Å². The topological polar surface area (TPSA) is 26.3 Å². The monoisotopic (exact) mass is 244 g/mol. The zero-order valence-electron chi connectivity index (χ0n) is 8.22. The standard InChI is InChI=1S/C11H10Cl2O2/c1-11(5-4-10(14)15-11)7-2-3-8(12)9(13)6-7/h2-3,6H,4-5H2,1H3. The predicted octanol–water partition coefficient (Wildman–Crippen LogP) is 3.55. The molecule has 1 aliphatic heterocycles. The highest BCUT2D eigenvalue weighted by Gasteiger charge is 2.37. The van der Waals surface area contributed by atoms with Crippen molar-refractivity contribution < 1.29 is 9.53 Å². The van der Waals surface area contributed by atoms with Gasteiger partial charge in [0.05, 0.1) is 10.0 Å². The molecule has 1 aliphatic rings. The van der Waals surface area contributed by atoms with Gasteiger partial charge < -0.3 is 4.74 Å². The number of hydrogen-bond acceptors (Lipinski definition) is 2. The number of halogens is 2. The molecule has 2 rings (SSSR count). The first-order valence-electron chi connectivity index (χ1n) is 4.69. The van der Waals surface area contributed by atoms with Crippen molar-refractivity contribution in [2.75, 3.05) is 0 Å². The molecular weight excluding hydrogens is 235 g/mol. The summed E-state index contributed by atoms with van der Waals surface area (Å²) >= 11 is 11.7. The van der Waals surface area contributed by atoms with Gasteiger partial charge in [-0.05, 0) is 24.6 Å². The highest BCUT2D eigenvalue weighted by atomic mass is 35.5. The first-order valence-corrected chi connectivity index (χ1v) is 5.44. The van der Waals surface area contributed by atoms with Crippen LogP contribution in [-0.4, -0.2) is 5.97 Å². The number of carbonyl (C=O) groups excluding carboxylic acids is 1. The average Bonchev–Trinajstić information content (AvgIpc) is 2.52. The second-order valence-corrected chi connectivity index (χ2v) is 4.65. The molecule has 1 unspecified atom stereocenters. The molecule has 0 N–H and O–H groups in total. The molecule has 80 valence electrons. The van der Waals surface area contributed by atoms with Gasteiger partial charge in [-0.1, -0.05) is 29.3 Å². The van der Waals surface area contributed by atoms with E-state index in [1.54, 1.807) is 12.1 Å². The van der Waals surface area contributed by atoms with E-state index in [2.05, 4.69) is 0 Å². The third-order valence-corrected chi connectivity index (χ3v) is 3.41. The fraction of sp³-hybridized carbons (Fsp3) is 0.364. The second-order valence-electron chi connectivity index (χ2n) is 3.83. The summed E-state index contributed by atoms with van der Waals surface area (Å²) < 4.78 is 5.29. The second kappa shape index (κ2) is 3.69. The number of carbonyl (C=O) groups is 1. The maximum atomic E-state index is 11.1. The minimum absolute atomic E-state index is 0.163. The van der Waals surface area contributed by atoms with Gasteiger partial charge in [0.25, 0.3) is 0 Å². The normalized spacial score (nSPS) is 25.4. The Kier molecular flexibility index (Phi) is 2.65. The van der Waals surface area contributed by atoms with Crippen LogP contribution in [-0.2, 0) is 15.1 Å². The van der Waals surface area contributed by atoms with Crippen molar-refractivity contribution in [3.05, 3.63) is 33.8 Å². The molecular formula is C11H10Cl2O2. The Bertz CT molecular complexity index is 417. The van der Waals surface area contributed by atoms with Gasteiger partial charge in [-0.2, -0.15) is 0 Å². The molecule has 1 saturated heterocycles. The summed E-state index contributed by atoms with van der Waals surface area (Å²) in [5.74, 6) is -0.163. The van der Waals surface area contributed by atoms with Crippen LogP contribution in [0.25, 0.3) is 0 Å². The summed E-state index contributed by atoms with van der Waals surface area (Å²) in [5.41, 5.74) is 0.341. The molecule has 1 aromatic rings. The molecule has 0 aliphatic carbocycles. The fourth-order valence-electron chi connectivity index (χ4n) is 1.72. The van der Waals surface area contributed by atoms with Crippen molar-refractivity contribution in [3.63, 3.8) is 0 Å². The quantitative estimate of drug-likeness (QED) is 0.707. The van der Waals surface area contributed by atoms with E-state index in [0.717, 1.165) is 5.56 Å². The molecule has 0 radical (unpaired) electrons. The molecule has 1 fully saturated rings. The van der Waals surface area contributed by atoms with Crippen LogP contribution in [0.1, 0.15) is 25.3 Å². The number of esters is 1. The van der Waals surface area contributed by atoms with Gasteiger partial charge in [-0.3, -0.25) is 4.79 Å². The van der Waals surface area contributed by atoms with Gasteiger partial charge in [0.15, 0.2) is 0 Å². The first kappa shape index (κ1) is 10.8. The van der Waals surface area contributed by atoms with Crippen LogP contribution in [0.2, 0.25) is 10.0 Å². The number of rotatable bonds is 1. The molecule has 0 aromatic heterocycles. The van der Waals surface area contributed by atoms with Crippen molar-refractivity contribution in [1.82, 2.24) is 0 Å². The van der Waals surface area contributed by atoms with Crippen LogP contribution in [0.15, 0.2) is 18.2 Å². The number of ether oxygens (including phenoxy) is 1. The van der Waals surface area contributed by atoms with Crippen molar-refractivity contribution >= 4 is 29.2 Å². The third kappa shape index (κ3) is 1.97. The largest absolute Gasteiger partial charge is 0.454 e. The smallest absolute Gasteiger partial charge is 0.306 e. The van der Waals surface area contributed by atoms with Crippen LogP contribution in [0.3, 0.4) is 0 Å². The van der Waals surface area contributed by atoms with Crippen molar-refractivity contribution in [1.29, 1.82) is 0 Å². The predicted molar refractivity (Wildman–Crippen MR) is 59.1 cm³/mol. The molecule has 0 spiro atoms. The Morgan fingerprint density at radius 2 is 2.07 bits per heavy atom. The molecule has 4 heteroatoms. The first-order chi connectivity index (χ1) is 7.01. The Morgan fingerprint density at radius 3 is 2.60 bits per heavy atom. The molecule has 1 aromatic carbocycles. The van der Waals surface area contributed by atoms with E-state index < -0.39 is 5.60 Å². The molecule has 0 saturated carbocycles. The summed E-state index contributed by atoms with van der Waals surface area (Å²) in [5, 5.41) is 0.992. The molecule has 2 nitrogen and oxygen atoms in total. The summed E-state index contributed by atoms with van der Waals surface area (Å²) in [6.45, 7) is 1.89. The van der Waals surface area contributed by atoms with E-state index in [1.165, 1.54) is 0 Å². The minimum Gasteiger partial charge on any atom is -0.454 e. The lowest BCUT2D eigenvalue weighted by atomic mass is 9.93. The third-order valence-electron chi connectivity index (χ3n) is 2.68. The van der Waals surface area contributed by atoms with Gasteiger partial charge in [0, 0.05) is 12.8 Å². The van der Waals surface area contributed by atoms with Crippen LogP contribution in [0.5, 0.6) is 0 Å². The van der Waals surface area contributed by atoms with E-state index in [-0.39, 0.29) is 5.97 Å². The zero-order chi connectivity index (χ0) is 11.1. The van der Waals surface area contributed by atoms with E-state index in [4.69, 9.17) is 27.9 Å². The molecule has 0 bridgehead atoms. The molecule has 1 heterocycles. The Morgan fingerprint density at radius 1 is 1.33 bits per heavy atom. The Hall–Kier alpha value is -0.730. The Balaban J connectivity index is 2.37. The lowest BCUT2D eigenvalue weighted by Crippen LogP contribution is -2.20. The summed E-state index contributed by atoms with van der Waals surface area (Å²) in [6.07, 6.45) is 1.14. The van der Waals surface area contributed by atoms with Crippen LogP contribution in [0.4, 0.5) is 0 Å². The number of benzene rings is 1. The van der Waals surface area contributed by atoms with Crippen LogP contribution in [0, 0.1) is 0 Å². The highest BCUT2D eigenvalue weighted by molar-refractivity contribution is 6.42. The van der Waals surface area contributed by atoms with Gasteiger partial charge in [0.1, 0.15) is 5.60 Å². The van der Waals surface area contributed by atoms with E-state index in [1.807, 2.05) is 13.0 Å². The lowest BCUT2D eigenvalue weighted by molar-refractivity contribution is -0.147. The molecule has 1 atom stereocenters. The van der Waals surface area contributed by atoms with Gasteiger partial charge in [0.2, 0.25) is 0 Å². The molecule has 0 amide bonds. The zero-order valence-corrected chi connectivity index (χ0v) is 9.73. The SMILES string of the molecule is CC1(c2ccc(Cl)c(Cl)c2)CCC(=O)O1. The number of hydrogen-bond donors (Lipinski definition) is 0. The van der Waals surface area contributed by atoms with Crippen LogP contribution >= 0.6 is 23.2 Å². The van der Waals surface area contributed by atoms with Crippen LogP contribution < -0.4 is 0 Å². The van der Waals surface area contributed by atoms with E-state index >= 15 is 0 Å². The van der Waals surface area contributed by atoms with Crippen molar-refractivity contribution in [3.8, 4) is 0 Å². The fourth-order valence-corrected chi connectivity index (χ4v) is 2.02. The van der Waals surface area contributed by atoms with Crippen molar-refractivity contribution in [2.24, 2.45) is 0 Å². The van der Waals surface area contributed by atoms with Gasteiger partial charge in [-0.25, -0.2) is 0 Å². The molecule has 15 heavy (non-hydrogen) atoms. The summed E-state index contributed by atoms with van der Waals surface area (Å²) in [6, 6.07) is 5.31. The van der Waals surface area contributed by atoms with E-state index in [0.29, 0.717) is 22.9 Å². The minimum atomic E-state index is -0.550. The lowest BCUT2D eigenvalue weighted by Gasteiger charge is -2.23. The average molecular weight is 245 g/mol. The van der Waals surface area contributed by atoms with Gasteiger partial charge >= 0.3 is 5.97 Å². The summed E-state index contributed by atoms with van der Waals surface area (Å²) in [7, 11) is 0. The maximum absolute atomic E-state index is 11.1. The number of cyclic esters (lactones) is 1. The van der Waals surface area contributed by atoms with E-state index in [9.17, 15) is 4.79 Å². The maximum Gasteiger partial charge on any atom is 0.306 e. The highest BCUT2D eigenvalue weighted by Crippen LogP contribution is 2.38. The summed E-state index contributed by atoms with van der Waals surface area (Å²) in [4.78, 5) is 11.1.